The molecule has 6 heteroatoms. The van der Waals surface area contributed by atoms with Gasteiger partial charge in [0.05, 0.1) is 10.6 Å². The Hall–Kier alpha value is -2.73. The van der Waals surface area contributed by atoms with Crippen molar-refractivity contribution in [3.63, 3.8) is 0 Å². The van der Waals surface area contributed by atoms with Gasteiger partial charge >= 0.3 is 0 Å². The largest absolute Gasteiger partial charge is 0.508 e. The molecule has 1 heterocycles. The highest BCUT2D eigenvalue weighted by Gasteiger charge is 2.30. The summed E-state index contributed by atoms with van der Waals surface area (Å²) in [6.45, 7) is 2.00. The molecule has 2 N–H and O–H groups in total. The predicted molar refractivity (Wildman–Crippen MR) is 96.4 cm³/mol. The first kappa shape index (κ1) is 16.1. The zero-order valence-electron chi connectivity index (χ0n) is 13.2. The van der Waals surface area contributed by atoms with Crippen molar-refractivity contribution in [2.75, 3.05) is 7.05 Å². The van der Waals surface area contributed by atoms with Crippen LogP contribution in [0.4, 0.5) is 5.69 Å². The molecule has 2 aromatic carbocycles. The van der Waals surface area contributed by atoms with Crippen molar-refractivity contribution in [2.45, 2.75) is 6.92 Å². The Labute approximate surface area is 144 Å². The molecule has 0 aliphatic carbocycles. The molecule has 1 fully saturated rings. The van der Waals surface area contributed by atoms with E-state index in [0.717, 1.165) is 11.3 Å². The molecule has 0 aromatic heterocycles. The fourth-order valence-electron chi connectivity index (χ4n) is 2.18. The Morgan fingerprint density at radius 3 is 2.50 bits per heavy atom. The third-order valence-corrected chi connectivity index (χ3v) is 4.62. The van der Waals surface area contributed by atoms with Crippen molar-refractivity contribution in [3.05, 3.63) is 58.5 Å². The summed E-state index contributed by atoms with van der Waals surface area (Å²) in [6.07, 6.45) is 1.59. The fourth-order valence-corrected chi connectivity index (χ4v) is 3.15. The molecule has 0 spiro atoms. The number of hydrogen-bond donors (Lipinski definition) is 2. The minimum atomic E-state index is -0.182. The topological polar surface area (TPSA) is 73.1 Å². The lowest BCUT2D eigenvalue weighted by Crippen LogP contribution is -2.23. The van der Waals surface area contributed by atoms with Crippen LogP contribution in [-0.4, -0.2) is 33.2 Å². The Kier molecular flexibility index (Phi) is 4.31. The second-order valence-electron chi connectivity index (χ2n) is 5.45. The molecule has 2 aromatic rings. The van der Waals surface area contributed by atoms with Crippen LogP contribution in [0.15, 0.2) is 52.4 Å². The van der Waals surface area contributed by atoms with Gasteiger partial charge in [0.1, 0.15) is 11.5 Å². The number of nitrogens with zero attached hydrogens (tertiary/aromatic N) is 2. The van der Waals surface area contributed by atoms with E-state index in [2.05, 4.69) is 4.99 Å². The van der Waals surface area contributed by atoms with Crippen LogP contribution in [0.3, 0.4) is 0 Å². The van der Waals surface area contributed by atoms with Crippen LogP contribution in [0.1, 0.15) is 11.1 Å². The van der Waals surface area contributed by atoms with Gasteiger partial charge in [-0.2, -0.15) is 0 Å². The molecule has 3 rings (SSSR count). The molecule has 0 unspecified atom stereocenters. The van der Waals surface area contributed by atoms with E-state index < -0.39 is 0 Å². The summed E-state index contributed by atoms with van der Waals surface area (Å²) in [5, 5.41) is 19.8. The minimum Gasteiger partial charge on any atom is -0.508 e. The predicted octanol–water partition coefficient (Wildman–Crippen LogP) is 3.64. The highest BCUT2D eigenvalue weighted by Crippen LogP contribution is 2.35. The van der Waals surface area contributed by atoms with Gasteiger partial charge in [-0.25, -0.2) is 4.99 Å². The first-order chi connectivity index (χ1) is 11.4. The second kappa shape index (κ2) is 6.41. The molecule has 5 nitrogen and oxygen atoms in total. The zero-order valence-corrected chi connectivity index (χ0v) is 14.0. The Morgan fingerprint density at radius 1 is 1.12 bits per heavy atom. The van der Waals surface area contributed by atoms with Crippen LogP contribution < -0.4 is 0 Å². The lowest BCUT2D eigenvalue weighted by atomic mass is 10.1. The molecule has 24 heavy (non-hydrogen) atoms. The number of carbonyl (C=O) groups excluding carboxylic acids is 1. The summed E-state index contributed by atoms with van der Waals surface area (Å²) in [6, 6.07) is 12.0. The highest BCUT2D eigenvalue weighted by atomic mass is 32.2. The molecular formula is C18H16N2O3S. The smallest absolute Gasteiger partial charge is 0.266 e. The summed E-state index contributed by atoms with van der Waals surface area (Å²) in [7, 11) is 1.67. The van der Waals surface area contributed by atoms with Gasteiger partial charge in [0, 0.05) is 18.7 Å². The zero-order chi connectivity index (χ0) is 17.3. The number of rotatable bonds is 2. The normalized spacial score (nSPS) is 17.9. The van der Waals surface area contributed by atoms with Gasteiger partial charge in [-0.1, -0.05) is 17.7 Å². The standard InChI is InChI=1S/C18H16N2O3S/c1-11-3-6-13(7-4-11)19-18-20(2)17(23)16(24-18)9-12-5-8-14(21)10-15(12)22/h3-10,21-22H,1-2H3/b16-9+,19-18?. The van der Waals surface area contributed by atoms with Crippen LogP contribution in [0.2, 0.25) is 0 Å². The summed E-state index contributed by atoms with van der Waals surface area (Å²) < 4.78 is 0. The number of amidine groups is 1. The van der Waals surface area contributed by atoms with Crippen LogP contribution in [0, 0.1) is 6.92 Å². The van der Waals surface area contributed by atoms with E-state index in [1.165, 1.54) is 28.8 Å². The number of thioether (sulfide) groups is 1. The van der Waals surface area contributed by atoms with Gasteiger partial charge in [0.15, 0.2) is 5.17 Å². The van der Waals surface area contributed by atoms with E-state index in [9.17, 15) is 15.0 Å². The summed E-state index contributed by atoms with van der Waals surface area (Å²) in [4.78, 5) is 18.8. The van der Waals surface area contributed by atoms with E-state index in [-0.39, 0.29) is 17.4 Å². The average molecular weight is 340 g/mol. The lowest BCUT2D eigenvalue weighted by molar-refractivity contribution is -0.121. The molecule has 0 radical (unpaired) electrons. The molecule has 0 atom stereocenters. The Bertz CT molecular complexity index is 857. The van der Waals surface area contributed by atoms with Gasteiger partial charge in [0.2, 0.25) is 0 Å². The number of phenols is 2. The maximum Gasteiger partial charge on any atom is 0.266 e. The van der Waals surface area contributed by atoms with Crippen LogP contribution in [-0.2, 0) is 4.79 Å². The SMILES string of the molecule is Cc1ccc(N=C2S/C(=C/c3ccc(O)cc3O)C(=O)N2C)cc1. The van der Waals surface area contributed by atoms with Gasteiger partial charge in [-0.05, 0) is 49.0 Å². The van der Waals surface area contributed by atoms with E-state index in [0.29, 0.717) is 15.6 Å². The van der Waals surface area contributed by atoms with E-state index in [1.54, 1.807) is 19.2 Å². The second-order valence-corrected chi connectivity index (χ2v) is 6.46. The number of amides is 1. The monoisotopic (exact) mass is 340 g/mol. The summed E-state index contributed by atoms with van der Waals surface area (Å²) in [5.74, 6) is -0.292. The first-order valence-electron chi connectivity index (χ1n) is 7.29. The van der Waals surface area contributed by atoms with E-state index in [1.807, 2.05) is 31.2 Å². The average Bonchev–Trinajstić information content (AvgIpc) is 2.80. The van der Waals surface area contributed by atoms with Crippen molar-refractivity contribution < 1.29 is 15.0 Å². The molecule has 122 valence electrons. The third-order valence-electron chi connectivity index (χ3n) is 3.56. The third kappa shape index (κ3) is 3.28. The number of aryl methyl sites for hydroxylation is 1. The van der Waals surface area contributed by atoms with E-state index in [4.69, 9.17) is 0 Å². The highest BCUT2D eigenvalue weighted by molar-refractivity contribution is 8.18. The molecule has 0 bridgehead atoms. The molecule has 1 aliphatic heterocycles. The molecule has 0 saturated carbocycles. The minimum absolute atomic E-state index is 0.0289. The van der Waals surface area contributed by atoms with Crippen LogP contribution >= 0.6 is 11.8 Å². The van der Waals surface area contributed by atoms with Crippen molar-refractivity contribution in [3.8, 4) is 11.5 Å². The van der Waals surface area contributed by atoms with Crippen molar-refractivity contribution in [1.29, 1.82) is 0 Å². The van der Waals surface area contributed by atoms with Crippen LogP contribution in [0.25, 0.3) is 6.08 Å². The lowest BCUT2D eigenvalue weighted by Gasteiger charge is -2.07. The number of aliphatic imine (C=N–C) groups is 1. The van der Waals surface area contributed by atoms with Crippen LogP contribution in [0.5, 0.6) is 11.5 Å². The number of aromatic hydroxyl groups is 2. The Balaban J connectivity index is 1.91. The first-order valence-corrected chi connectivity index (χ1v) is 8.10. The van der Waals surface area contributed by atoms with Gasteiger partial charge in [-0.3, -0.25) is 9.69 Å². The maximum absolute atomic E-state index is 12.4. The molecule has 1 aliphatic rings. The number of likely N-dealkylation sites (N-methyl/N-ethyl adjacent to an activating group) is 1. The van der Waals surface area contributed by atoms with Gasteiger partial charge in [-0.15, -0.1) is 0 Å². The molecule has 1 amide bonds. The van der Waals surface area contributed by atoms with Gasteiger partial charge in [0.25, 0.3) is 5.91 Å². The summed E-state index contributed by atoms with van der Waals surface area (Å²) >= 11 is 1.25. The fraction of sp³-hybridized carbons (Fsp3) is 0.111. The number of carbonyl (C=O) groups is 1. The van der Waals surface area contributed by atoms with Crippen molar-refractivity contribution >= 4 is 34.6 Å². The Morgan fingerprint density at radius 2 is 1.83 bits per heavy atom. The maximum atomic E-state index is 12.4. The van der Waals surface area contributed by atoms with Crippen molar-refractivity contribution in [1.82, 2.24) is 4.90 Å². The number of phenolic OH excluding ortho intramolecular Hbond substituents is 2. The number of hydrogen-bond acceptors (Lipinski definition) is 5. The van der Waals surface area contributed by atoms with E-state index >= 15 is 0 Å². The molecular weight excluding hydrogens is 324 g/mol. The van der Waals surface area contributed by atoms with Crippen molar-refractivity contribution in [2.24, 2.45) is 4.99 Å². The van der Waals surface area contributed by atoms with Gasteiger partial charge < -0.3 is 10.2 Å². The molecule has 1 saturated heterocycles. The summed E-state index contributed by atoms with van der Waals surface area (Å²) in [5.41, 5.74) is 2.39. The quantitative estimate of drug-likeness (QED) is 0.819. The number of benzene rings is 2.